The molecule has 5 heteroatoms. The van der Waals surface area contributed by atoms with Crippen LogP contribution in [0.15, 0.2) is 24.3 Å². The van der Waals surface area contributed by atoms with Crippen molar-refractivity contribution < 1.29 is 14.3 Å². The molecule has 1 aromatic carbocycles. The summed E-state index contributed by atoms with van der Waals surface area (Å²) in [6.45, 7) is 6.50. The highest BCUT2D eigenvalue weighted by molar-refractivity contribution is 5.97. The van der Waals surface area contributed by atoms with E-state index in [0.717, 1.165) is 50.3 Å². The topological polar surface area (TPSA) is 50.8 Å². The third-order valence-electron chi connectivity index (χ3n) is 5.96. The molecule has 0 bridgehead atoms. The van der Waals surface area contributed by atoms with E-state index in [-0.39, 0.29) is 5.91 Å². The van der Waals surface area contributed by atoms with Gasteiger partial charge in [0.1, 0.15) is 11.4 Å². The van der Waals surface area contributed by atoms with Crippen molar-refractivity contribution in [2.75, 3.05) is 38.7 Å². The average Bonchev–Trinajstić information content (AvgIpc) is 3.20. The first-order valence-electron chi connectivity index (χ1n) is 10.4. The summed E-state index contributed by atoms with van der Waals surface area (Å²) in [5.41, 5.74) is 0.0988. The SMILES string of the molecule is CO[C@@]1(C(=O)Nc2ccc(OCCCN3CCCC3)cc2)CCC[C@@H](C)C1. The number of methoxy groups -OCH3 is 1. The van der Waals surface area contributed by atoms with E-state index in [1.165, 1.54) is 32.4 Å². The first-order chi connectivity index (χ1) is 13.1. The van der Waals surface area contributed by atoms with E-state index >= 15 is 0 Å². The van der Waals surface area contributed by atoms with E-state index in [1.807, 2.05) is 24.3 Å². The Balaban J connectivity index is 1.45. The first kappa shape index (κ1) is 20.2. The molecule has 0 aromatic heterocycles. The van der Waals surface area contributed by atoms with Crippen LogP contribution < -0.4 is 10.1 Å². The zero-order valence-corrected chi connectivity index (χ0v) is 16.8. The van der Waals surface area contributed by atoms with Gasteiger partial charge in [-0.05, 0) is 81.8 Å². The molecule has 2 atom stereocenters. The van der Waals surface area contributed by atoms with Gasteiger partial charge in [-0.1, -0.05) is 13.3 Å². The summed E-state index contributed by atoms with van der Waals surface area (Å²) in [6, 6.07) is 7.66. The maximum Gasteiger partial charge on any atom is 0.256 e. The molecule has 5 nitrogen and oxygen atoms in total. The Morgan fingerprint density at radius 2 is 1.96 bits per heavy atom. The minimum Gasteiger partial charge on any atom is -0.494 e. The largest absolute Gasteiger partial charge is 0.494 e. The van der Waals surface area contributed by atoms with Crippen LogP contribution in [0.1, 0.15) is 51.9 Å². The Morgan fingerprint density at radius 1 is 1.22 bits per heavy atom. The zero-order valence-electron chi connectivity index (χ0n) is 16.8. The summed E-state index contributed by atoms with van der Waals surface area (Å²) < 4.78 is 11.5. The zero-order chi connectivity index (χ0) is 19.1. The number of hydrogen-bond donors (Lipinski definition) is 1. The van der Waals surface area contributed by atoms with Crippen molar-refractivity contribution in [1.29, 1.82) is 0 Å². The van der Waals surface area contributed by atoms with Crippen LogP contribution in [-0.4, -0.2) is 49.8 Å². The van der Waals surface area contributed by atoms with E-state index in [2.05, 4.69) is 17.1 Å². The molecular weight excluding hydrogens is 340 g/mol. The van der Waals surface area contributed by atoms with Gasteiger partial charge in [-0.15, -0.1) is 0 Å². The van der Waals surface area contributed by atoms with Crippen LogP contribution in [0.2, 0.25) is 0 Å². The van der Waals surface area contributed by atoms with Crippen molar-refractivity contribution in [2.24, 2.45) is 5.92 Å². The van der Waals surface area contributed by atoms with Gasteiger partial charge in [-0.3, -0.25) is 4.79 Å². The second-order valence-corrected chi connectivity index (χ2v) is 8.13. The molecule has 1 amide bonds. The van der Waals surface area contributed by atoms with Crippen molar-refractivity contribution in [3.63, 3.8) is 0 Å². The summed E-state index contributed by atoms with van der Waals surface area (Å²) >= 11 is 0. The van der Waals surface area contributed by atoms with Gasteiger partial charge in [0, 0.05) is 19.3 Å². The summed E-state index contributed by atoms with van der Waals surface area (Å²) in [5, 5.41) is 3.03. The number of benzene rings is 1. The van der Waals surface area contributed by atoms with Gasteiger partial charge in [0.2, 0.25) is 0 Å². The summed E-state index contributed by atoms with van der Waals surface area (Å²) in [6.07, 6.45) is 7.49. The third kappa shape index (κ3) is 5.45. The van der Waals surface area contributed by atoms with Gasteiger partial charge in [-0.2, -0.15) is 0 Å². The Kier molecular flexibility index (Phi) is 7.13. The molecule has 2 aliphatic rings. The second-order valence-electron chi connectivity index (χ2n) is 8.13. The lowest BCUT2D eigenvalue weighted by atomic mass is 9.78. The molecule has 27 heavy (non-hydrogen) atoms. The lowest BCUT2D eigenvalue weighted by molar-refractivity contribution is -0.143. The number of anilines is 1. The lowest BCUT2D eigenvalue weighted by Crippen LogP contribution is -2.47. The lowest BCUT2D eigenvalue weighted by Gasteiger charge is -2.37. The molecule has 0 radical (unpaired) electrons. The van der Waals surface area contributed by atoms with Gasteiger partial charge in [0.25, 0.3) is 5.91 Å². The van der Waals surface area contributed by atoms with E-state index < -0.39 is 5.60 Å². The monoisotopic (exact) mass is 374 g/mol. The summed E-state index contributed by atoms with van der Waals surface area (Å²) in [4.78, 5) is 15.3. The Morgan fingerprint density at radius 3 is 2.63 bits per heavy atom. The van der Waals surface area contributed by atoms with Gasteiger partial charge in [-0.25, -0.2) is 0 Å². The van der Waals surface area contributed by atoms with Crippen molar-refractivity contribution in [1.82, 2.24) is 4.90 Å². The predicted octanol–water partition coefficient (Wildman–Crippen LogP) is 4.09. The van der Waals surface area contributed by atoms with Crippen molar-refractivity contribution in [3.8, 4) is 5.75 Å². The molecule has 1 saturated heterocycles. The molecule has 150 valence electrons. The first-order valence-corrected chi connectivity index (χ1v) is 10.4. The van der Waals surface area contributed by atoms with Crippen LogP contribution in [0.5, 0.6) is 5.75 Å². The molecule has 1 saturated carbocycles. The molecule has 2 fully saturated rings. The van der Waals surface area contributed by atoms with Crippen LogP contribution >= 0.6 is 0 Å². The Hall–Kier alpha value is -1.59. The number of ether oxygens (including phenoxy) is 2. The Labute approximate surface area is 163 Å². The molecule has 0 spiro atoms. The number of rotatable bonds is 8. The number of likely N-dealkylation sites (tertiary alicyclic amines) is 1. The maximum atomic E-state index is 12.8. The van der Waals surface area contributed by atoms with Crippen molar-refractivity contribution in [2.45, 2.75) is 57.5 Å². The minimum atomic E-state index is -0.692. The highest BCUT2D eigenvalue weighted by Gasteiger charge is 2.41. The fraction of sp³-hybridized carbons (Fsp3) is 0.682. The molecule has 1 aromatic rings. The second kappa shape index (κ2) is 9.56. The van der Waals surface area contributed by atoms with E-state index in [1.54, 1.807) is 7.11 Å². The van der Waals surface area contributed by atoms with Crippen LogP contribution in [0, 0.1) is 5.92 Å². The van der Waals surface area contributed by atoms with Gasteiger partial charge < -0.3 is 19.7 Å². The number of carbonyl (C=O) groups excluding carboxylic acids is 1. The number of nitrogens with one attached hydrogen (secondary N) is 1. The highest BCUT2D eigenvalue weighted by atomic mass is 16.5. The van der Waals surface area contributed by atoms with E-state index in [4.69, 9.17) is 9.47 Å². The van der Waals surface area contributed by atoms with E-state index in [9.17, 15) is 4.79 Å². The average molecular weight is 375 g/mol. The fourth-order valence-corrected chi connectivity index (χ4v) is 4.35. The summed E-state index contributed by atoms with van der Waals surface area (Å²) in [7, 11) is 1.65. The molecule has 0 unspecified atom stereocenters. The molecule has 1 aliphatic carbocycles. The molecule has 1 aliphatic heterocycles. The van der Waals surface area contributed by atoms with Crippen LogP contribution in [-0.2, 0) is 9.53 Å². The molecule has 1 N–H and O–H groups in total. The smallest absolute Gasteiger partial charge is 0.256 e. The molecular formula is C22H34N2O3. The van der Waals surface area contributed by atoms with E-state index in [0.29, 0.717) is 5.92 Å². The molecule has 3 rings (SSSR count). The molecule has 1 heterocycles. The normalized spacial score (nSPS) is 26.1. The number of nitrogens with zero attached hydrogens (tertiary/aromatic N) is 1. The van der Waals surface area contributed by atoms with Crippen LogP contribution in [0.4, 0.5) is 5.69 Å². The fourth-order valence-electron chi connectivity index (χ4n) is 4.35. The third-order valence-corrected chi connectivity index (χ3v) is 5.96. The summed E-state index contributed by atoms with van der Waals surface area (Å²) in [5.74, 6) is 1.33. The van der Waals surface area contributed by atoms with Gasteiger partial charge >= 0.3 is 0 Å². The van der Waals surface area contributed by atoms with Crippen molar-refractivity contribution in [3.05, 3.63) is 24.3 Å². The number of amides is 1. The highest BCUT2D eigenvalue weighted by Crippen LogP contribution is 2.35. The van der Waals surface area contributed by atoms with Crippen LogP contribution in [0.3, 0.4) is 0 Å². The van der Waals surface area contributed by atoms with Gasteiger partial charge in [0.05, 0.1) is 6.61 Å². The number of carbonyl (C=O) groups is 1. The minimum absolute atomic E-state index is 0.0316. The Bertz CT molecular complexity index is 598. The van der Waals surface area contributed by atoms with Gasteiger partial charge in [0.15, 0.2) is 0 Å². The standard InChI is InChI=1S/C22H34N2O3/c1-18-7-5-12-22(17-18,26-2)21(25)23-19-8-10-20(11-9-19)27-16-6-15-24-13-3-4-14-24/h8-11,18H,3-7,12-17H2,1-2H3,(H,23,25)/t18-,22+/m1/s1. The van der Waals surface area contributed by atoms with Crippen molar-refractivity contribution >= 4 is 11.6 Å². The predicted molar refractivity (Wildman–Crippen MR) is 108 cm³/mol. The maximum absolute atomic E-state index is 12.8. The van der Waals surface area contributed by atoms with Crippen LogP contribution in [0.25, 0.3) is 0 Å². The number of hydrogen-bond acceptors (Lipinski definition) is 4. The quantitative estimate of drug-likeness (QED) is 0.697.